The average molecular weight is 298 g/mol. The Hall–Kier alpha value is -2.55. The molecule has 0 aromatic heterocycles. The highest BCUT2D eigenvalue weighted by Gasteiger charge is 2.35. The van der Waals surface area contributed by atoms with Crippen molar-refractivity contribution in [2.75, 3.05) is 13.2 Å². The maximum absolute atomic E-state index is 13.7. The Bertz CT molecular complexity index is 605. The highest BCUT2D eigenvalue weighted by molar-refractivity contribution is 5.95. The SMILES string of the molecule is O=C(NC1COCC1C(=O)O)c1ccc([N+](=O)[O-])cc1F. The fourth-order valence-electron chi connectivity index (χ4n) is 1.99. The predicted octanol–water partition coefficient (Wildman–Crippen LogP) is 0.563. The smallest absolute Gasteiger partial charge is 0.311 e. The maximum atomic E-state index is 13.7. The van der Waals surface area contributed by atoms with Gasteiger partial charge in [-0.3, -0.25) is 19.7 Å². The summed E-state index contributed by atoms with van der Waals surface area (Å²) in [6, 6.07) is 1.84. The van der Waals surface area contributed by atoms with Crippen molar-refractivity contribution in [2.24, 2.45) is 5.92 Å². The van der Waals surface area contributed by atoms with E-state index in [9.17, 15) is 24.1 Å². The minimum atomic E-state index is -1.12. The Morgan fingerprint density at radius 1 is 1.43 bits per heavy atom. The number of rotatable bonds is 4. The number of carbonyl (C=O) groups excluding carboxylic acids is 1. The third-order valence-corrected chi connectivity index (χ3v) is 3.12. The number of benzene rings is 1. The molecule has 1 saturated heterocycles. The summed E-state index contributed by atoms with van der Waals surface area (Å²) >= 11 is 0. The number of ether oxygens (including phenoxy) is 1. The van der Waals surface area contributed by atoms with Crippen molar-refractivity contribution < 1.29 is 28.7 Å². The summed E-state index contributed by atoms with van der Waals surface area (Å²) in [7, 11) is 0. The van der Waals surface area contributed by atoms with Gasteiger partial charge in [0.2, 0.25) is 0 Å². The first kappa shape index (κ1) is 14.9. The fourth-order valence-corrected chi connectivity index (χ4v) is 1.99. The van der Waals surface area contributed by atoms with Crippen LogP contribution in [0.5, 0.6) is 0 Å². The number of nitro groups is 1. The minimum absolute atomic E-state index is 0.0112. The lowest BCUT2D eigenvalue weighted by Crippen LogP contribution is -2.42. The van der Waals surface area contributed by atoms with E-state index in [1.807, 2.05) is 0 Å². The molecule has 0 saturated carbocycles. The Labute approximate surface area is 117 Å². The molecule has 1 heterocycles. The van der Waals surface area contributed by atoms with E-state index in [1.54, 1.807) is 0 Å². The third kappa shape index (κ3) is 3.14. The summed E-state index contributed by atoms with van der Waals surface area (Å²) in [6.45, 7) is -0.0274. The maximum Gasteiger partial charge on any atom is 0.311 e. The summed E-state index contributed by atoms with van der Waals surface area (Å²) in [5.41, 5.74) is -0.867. The summed E-state index contributed by atoms with van der Waals surface area (Å²) < 4.78 is 18.6. The van der Waals surface area contributed by atoms with Crippen LogP contribution in [0.2, 0.25) is 0 Å². The van der Waals surface area contributed by atoms with Crippen molar-refractivity contribution in [3.63, 3.8) is 0 Å². The zero-order valence-corrected chi connectivity index (χ0v) is 10.6. The monoisotopic (exact) mass is 298 g/mol. The van der Waals surface area contributed by atoms with Gasteiger partial charge >= 0.3 is 5.97 Å². The molecule has 0 radical (unpaired) electrons. The van der Waals surface area contributed by atoms with Crippen LogP contribution in [0.3, 0.4) is 0 Å². The van der Waals surface area contributed by atoms with Crippen LogP contribution >= 0.6 is 0 Å². The number of aliphatic carboxylic acids is 1. The number of nitrogens with zero attached hydrogens (tertiary/aromatic N) is 1. The van der Waals surface area contributed by atoms with E-state index in [1.165, 1.54) is 0 Å². The van der Waals surface area contributed by atoms with E-state index in [4.69, 9.17) is 9.84 Å². The van der Waals surface area contributed by atoms with Crippen LogP contribution in [0, 0.1) is 21.8 Å². The Kier molecular flexibility index (Phi) is 4.13. The molecular weight excluding hydrogens is 287 g/mol. The minimum Gasteiger partial charge on any atom is -0.481 e. The van der Waals surface area contributed by atoms with Crippen molar-refractivity contribution in [2.45, 2.75) is 6.04 Å². The molecule has 21 heavy (non-hydrogen) atoms. The second-order valence-corrected chi connectivity index (χ2v) is 4.48. The summed E-state index contributed by atoms with van der Waals surface area (Å²) in [5.74, 6) is -3.92. The average Bonchev–Trinajstić information content (AvgIpc) is 2.86. The van der Waals surface area contributed by atoms with Gasteiger partial charge in [0.15, 0.2) is 0 Å². The number of nitrogens with one attached hydrogen (secondary N) is 1. The highest BCUT2D eigenvalue weighted by Crippen LogP contribution is 2.18. The number of carboxylic acid groups (broad SMARTS) is 1. The van der Waals surface area contributed by atoms with Crippen LogP contribution in [-0.2, 0) is 9.53 Å². The number of carbonyl (C=O) groups is 2. The standard InChI is InChI=1S/C12H11FN2O6/c13-9-3-6(15(19)20)1-2-7(9)11(16)14-10-5-21-4-8(10)12(17)18/h1-3,8,10H,4-5H2,(H,14,16)(H,17,18). The van der Waals surface area contributed by atoms with Crippen molar-refractivity contribution in [1.82, 2.24) is 5.32 Å². The molecule has 9 heteroatoms. The first-order valence-electron chi connectivity index (χ1n) is 5.95. The van der Waals surface area contributed by atoms with E-state index in [0.717, 1.165) is 12.1 Å². The van der Waals surface area contributed by atoms with Gasteiger partial charge < -0.3 is 15.2 Å². The van der Waals surface area contributed by atoms with Gasteiger partial charge in [-0.05, 0) is 6.07 Å². The molecule has 2 atom stereocenters. The van der Waals surface area contributed by atoms with Crippen LogP contribution in [0.25, 0.3) is 0 Å². The van der Waals surface area contributed by atoms with Gasteiger partial charge in [-0.15, -0.1) is 0 Å². The number of amides is 1. The molecule has 0 aliphatic carbocycles. The molecule has 1 aromatic rings. The van der Waals surface area contributed by atoms with Gasteiger partial charge in [-0.2, -0.15) is 0 Å². The molecule has 2 unspecified atom stereocenters. The van der Waals surface area contributed by atoms with Gasteiger partial charge in [0, 0.05) is 6.07 Å². The third-order valence-electron chi connectivity index (χ3n) is 3.12. The number of nitro benzene ring substituents is 1. The van der Waals surface area contributed by atoms with Gasteiger partial charge in [0.25, 0.3) is 11.6 Å². The lowest BCUT2D eigenvalue weighted by Gasteiger charge is -2.15. The van der Waals surface area contributed by atoms with Gasteiger partial charge in [0.05, 0.1) is 35.8 Å². The summed E-state index contributed by atoms with van der Waals surface area (Å²) in [4.78, 5) is 32.5. The molecule has 2 N–H and O–H groups in total. The summed E-state index contributed by atoms with van der Waals surface area (Å²) in [5, 5.41) is 21.8. The normalized spacial score (nSPS) is 21.0. The zero-order chi connectivity index (χ0) is 15.6. The van der Waals surface area contributed by atoms with Crippen LogP contribution < -0.4 is 5.32 Å². The van der Waals surface area contributed by atoms with E-state index in [-0.39, 0.29) is 13.2 Å². The van der Waals surface area contributed by atoms with Crippen molar-refractivity contribution >= 4 is 17.6 Å². The molecule has 8 nitrogen and oxygen atoms in total. The molecule has 1 aliphatic heterocycles. The van der Waals surface area contributed by atoms with Gasteiger partial charge in [0.1, 0.15) is 11.7 Å². The van der Waals surface area contributed by atoms with Crippen LogP contribution in [0.15, 0.2) is 18.2 Å². The van der Waals surface area contributed by atoms with Gasteiger partial charge in [-0.1, -0.05) is 0 Å². The number of carboxylic acids is 1. The number of hydrogen-bond acceptors (Lipinski definition) is 5. The predicted molar refractivity (Wildman–Crippen MR) is 66.3 cm³/mol. The van der Waals surface area contributed by atoms with Gasteiger partial charge in [-0.25, -0.2) is 4.39 Å². The van der Waals surface area contributed by atoms with Crippen LogP contribution in [0.1, 0.15) is 10.4 Å². The van der Waals surface area contributed by atoms with Crippen LogP contribution in [0.4, 0.5) is 10.1 Å². The number of halogens is 1. The molecule has 2 rings (SSSR count). The second-order valence-electron chi connectivity index (χ2n) is 4.48. The Morgan fingerprint density at radius 3 is 2.71 bits per heavy atom. The zero-order valence-electron chi connectivity index (χ0n) is 10.6. The molecular formula is C12H11FN2O6. The van der Waals surface area contributed by atoms with E-state index < -0.39 is 45.8 Å². The van der Waals surface area contributed by atoms with Crippen molar-refractivity contribution in [3.8, 4) is 0 Å². The summed E-state index contributed by atoms with van der Waals surface area (Å²) in [6.07, 6.45) is 0. The van der Waals surface area contributed by atoms with Crippen molar-refractivity contribution in [3.05, 3.63) is 39.7 Å². The first-order chi connectivity index (χ1) is 9.90. The molecule has 1 aromatic carbocycles. The van der Waals surface area contributed by atoms with E-state index >= 15 is 0 Å². The molecule has 1 fully saturated rings. The first-order valence-corrected chi connectivity index (χ1v) is 5.95. The topological polar surface area (TPSA) is 119 Å². The second kappa shape index (κ2) is 5.83. The van der Waals surface area contributed by atoms with E-state index in [0.29, 0.717) is 6.07 Å². The molecule has 0 bridgehead atoms. The fraction of sp³-hybridized carbons (Fsp3) is 0.333. The molecule has 1 aliphatic rings. The molecule has 0 spiro atoms. The highest BCUT2D eigenvalue weighted by atomic mass is 19.1. The molecule has 112 valence electrons. The Balaban J connectivity index is 2.13. The van der Waals surface area contributed by atoms with E-state index in [2.05, 4.69) is 5.32 Å². The quantitative estimate of drug-likeness (QED) is 0.619. The van der Waals surface area contributed by atoms with Crippen LogP contribution in [-0.4, -0.2) is 41.2 Å². The number of hydrogen-bond donors (Lipinski definition) is 2. The molecule has 1 amide bonds. The lowest BCUT2D eigenvalue weighted by molar-refractivity contribution is -0.385. The Morgan fingerprint density at radius 2 is 2.14 bits per heavy atom. The largest absolute Gasteiger partial charge is 0.481 e. The number of non-ortho nitro benzene ring substituents is 1. The van der Waals surface area contributed by atoms with Crippen molar-refractivity contribution in [1.29, 1.82) is 0 Å². The lowest BCUT2D eigenvalue weighted by atomic mass is 10.0.